The monoisotopic (exact) mass is 680 g/mol. The van der Waals surface area contributed by atoms with Crippen molar-refractivity contribution in [3.05, 3.63) is 120 Å². The number of methoxy groups -OCH3 is 1. The summed E-state index contributed by atoms with van der Waals surface area (Å²) < 4.78 is 76.8. The maximum Gasteiger partial charge on any atom is 0.410 e. The first-order valence-corrected chi connectivity index (χ1v) is 15.9. The van der Waals surface area contributed by atoms with Crippen LogP contribution in [0.5, 0.6) is 5.75 Å². The van der Waals surface area contributed by atoms with E-state index in [2.05, 4.69) is 11.9 Å². The number of aromatic nitrogens is 2. The summed E-state index contributed by atoms with van der Waals surface area (Å²) in [6.45, 7) is 8.07. The van der Waals surface area contributed by atoms with Crippen molar-refractivity contribution in [2.45, 2.75) is 39.2 Å². The largest absolute Gasteiger partial charge is 0.467 e. The van der Waals surface area contributed by atoms with E-state index in [1.54, 1.807) is 22.9 Å². The summed E-state index contributed by atoms with van der Waals surface area (Å²) in [5.74, 6) is -1.76. The smallest absolute Gasteiger partial charge is 0.410 e. The maximum absolute atomic E-state index is 15.4. The van der Waals surface area contributed by atoms with Crippen LogP contribution in [0, 0.1) is 28.8 Å². The molecule has 1 amide bonds. The van der Waals surface area contributed by atoms with Gasteiger partial charge in [0.15, 0.2) is 6.79 Å². The number of ether oxygens (including phenoxy) is 3. The third kappa shape index (κ3) is 8.87. The van der Waals surface area contributed by atoms with Crippen molar-refractivity contribution >= 4 is 6.09 Å². The minimum Gasteiger partial charge on any atom is -0.467 e. The molecule has 0 bridgehead atoms. The quantitative estimate of drug-likeness (QED) is 0.0848. The van der Waals surface area contributed by atoms with Crippen LogP contribution in [0.4, 0.5) is 22.4 Å². The predicted molar refractivity (Wildman–Crippen MR) is 177 cm³/mol. The Bertz CT molecular complexity index is 1750. The molecule has 0 radical (unpaired) electrons. The first-order valence-electron chi connectivity index (χ1n) is 15.9. The zero-order valence-corrected chi connectivity index (χ0v) is 27.7. The summed E-state index contributed by atoms with van der Waals surface area (Å²) in [7, 11) is 1.45. The number of nitrogens with zero attached hydrogens (tertiary/aromatic N) is 3. The summed E-state index contributed by atoms with van der Waals surface area (Å²) in [5.41, 5.74) is 0.735. The van der Waals surface area contributed by atoms with Crippen LogP contribution >= 0.6 is 0 Å². The zero-order valence-electron chi connectivity index (χ0n) is 27.7. The lowest BCUT2D eigenvalue weighted by molar-refractivity contribution is 0.0508. The highest BCUT2D eigenvalue weighted by molar-refractivity contribution is 5.68. The molecule has 1 aromatic heterocycles. The van der Waals surface area contributed by atoms with Gasteiger partial charge in [-0.1, -0.05) is 50.3 Å². The Morgan fingerprint density at radius 1 is 1.06 bits per heavy atom. The molecule has 1 saturated heterocycles. The van der Waals surface area contributed by atoms with Crippen LogP contribution in [-0.4, -0.2) is 60.3 Å². The summed E-state index contributed by atoms with van der Waals surface area (Å²) in [6.07, 6.45) is 1.37. The van der Waals surface area contributed by atoms with Gasteiger partial charge in [0.05, 0.1) is 18.3 Å². The van der Waals surface area contributed by atoms with Gasteiger partial charge in [-0.3, -0.25) is 0 Å². The molecule has 3 atom stereocenters. The fourth-order valence-electron chi connectivity index (χ4n) is 5.79. The highest BCUT2D eigenvalue weighted by Crippen LogP contribution is 2.37. The van der Waals surface area contributed by atoms with E-state index in [0.717, 1.165) is 23.8 Å². The second-order valence-electron chi connectivity index (χ2n) is 12.7. The Morgan fingerprint density at radius 2 is 1.84 bits per heavy atom. The van der Waals surface area contributed by atoms with Crippen LogP contribution in [0.1, 0.15) is 36.8 Å². The third-order valence-corrected chi connectivity index (χ3v) is 8.58. The van der Waals surface area contributed by atoms with Crippen LogP contribution < -0.4 is 10.1 Å². The van der Waals surface area contributed by atoms with E-state index < -0.39 is 47.1 Å². The van der Waals surface area contributed by atoms with Gasteiger partial charge < -0.3 is 29.0 Å². The number of likely N-dealkylation sites (tertiary alicyclic amines) is 1. The molecule has 1 N–H and O–H groups in total. The topological polar surface area (TPSA) is 77.9 Å². The van der Waals surface area contributed by atoms with E-state index in [1.165, 1.54) is 24.1 Å². The minimum absolute atomic E-state index is 0.0530. The van der Waals surface area contributed by atoms with Crippen molar-refractivity contribution in [1.82, 2.24) is 19.8 Å². The molecular weight excluding hydrogens is 640 g/mol. The van der Waals surface area contributed by atoms with Gasteiger partial charge in [-0.15, -0.1) is 6.58 Å². The number of halogens is 4. The van der Waals surface area contributed by atoms with E-state index >= 15 is 4.39 Å². The molecule has 1 fully saturated rings. The van der Waals surface area contributed by atoms with E-state index in [1.807, 2.05) is 44.2 Å². The Labute approximate surface area is 283 Å². The number of amides is 1. The van der Waals surface area contributed by atoms with Crippen LogP contribution in [-0.2, 0) is 22.6 Å². The summed E-state index contributed by atoms with van der Waals surface area (Å²) in [6, 6.07) is 15.9. The van der Waals surface area contributed by atoms with E-state index in [9.17, 15) is 18.0 Å². The van der Waals surface area contributed by atoms with Crippen molar-refractivity contribution in [3.63, 3.8) is 0 Å². The van der Waals surface area contributed by atoms with E-state index in [4.69, 9.17) is 19.2 Å². The van der Waals surface area contributed by atoms with Gasteiger partial charge in [0.1, 0.15) is 41.8 Å². The Morgan fingerprint density at radius 3 is 2.57 bits per heavy atom. The van der Waals surface area contributed by atoms with Crippen molar-refractivity contribution in [2.24, 2.45) is 11.3 Å². The predicted octanol–water partition coefficient (Wildman–Crippen LogP) is 7.45. The van der Waals surface area contributed by atoms with Gasteiger partial charge in [0.25, 0.3) is 0 Å². The van der Waals surface area contributed by atoms with Crippen molar-refractivity contribution in [3.8, 4) is 17.0 Å². The van der Waals surface area contributed by atoms with Crippen molar-refractivity contribution in [1.29, 1.82) is 0 Å². The Kier molecular flexibility index (Phi) is 11.4. The van der Waals surface area contributed by atoms with Crippen LogP contribution in [0.15, 0.2) is 85.6 Å². The number of carbonyl (C=O) groups is 1. The van der Waals surface area contributed by atoms with E-state index in [-0.39, 0.29) is 56.6 Å². The second-order valence-corrected chi connectivity index (χ2v) is 12.7. The van der Waals surface area contributed by atoms with Crippen molar-refractivity contribution < 1.29 is 36.6 Å². The Hall–Kier alpha value is -4.68. The lowest BCUT2D eigenvalue weighted by Crippen LogP contribution is -2.39. The molecule has 1 aliphatic heterocycles. The summed E-state index contributed by atoms with van der Waals surface area (Å²) in [5, 5.41) is 3.43. The van der Waals surface area contributed by atoms with Crippen LogP contribution in [0.25, 0.3) is 11.3 Å². The second kappa shape index (κ2) is 15.7. The molecular formula is C37H40F4N4O4. The highest BCUT2D eigenvalue weighted by atomic mass is 19.1. The number of imidazole rings is 1. The number of nitrogens with one attached hydrogen (secondary N) is 1. The molecule has 260 valence electrons. The van der Waals surface area contributed by atoms with Gasteiger partial charge in [0, 0.05) is 55.9 Å². The number of hydrogen-bond acceptors (Lipinski definition) is 6. The molecule has 5 rings (SSSR count). The average Bonchev–Trinajstić information content (AvgIpc) is 3.66. The average molecular weight is 681 g/mol. The summed E-state index contributed by atoms with van der Waals surface area (Å²) in [4.78, 5) is 18.9. The molecule has 3 aromatic carbocycles. The molecule has 0 unspecified atom stereocenters. The SMILES string of the molecule is C=CC(C)(C)[C@@H](NC[C@@H]1CN(C(=O)OCc2ccccc2)C[C@@H]1F)c1nc(-c2cc(F)ccc2F)cn1Cc1cc(F)cc(OCOC)c1. The number of hydrogen-bond donors (Lipinski definition) is 1. The molecule has 12 heteroatoms. The molecule has 1 aliphatic rings. The minimum atomic E-state index is -1.32. The molecule has 2 heterocycles. The van der Waals surface area contributed by atoms with Crippen LogP contribution in [0.3, 0.4) is 0 Å². The van der Waals surface area contributed by atoms with Gasteiger partial charge in [-0.25, -0.2) is 27.3 Å². The fraction of sp³-hybridized carbons (Fsp3) is 0.351. The van der Waals surface area contributed by atoms with Crippen molar-refractivity contribution in [2.75, 3.05) is 33.5 Å². The molecule has 0 spiro atoms. The standard InChI is InChI=1S/C37H40F4N4O4/c1-5-37(2,3)34(42-17-26-19-45(20-32(26)41)36(46)48-22-24-9-7-6-8-10-24)35-43-33(30-16-27(38)11-12-31(30)40)21-44(35)18-25-13-28(39)15-29(14-25)49-23-47-4/h5-16,21,26,32,34,42H,1,17-20,22-23H2,2-4H3/t26-,32+,34+/m1/s1. The normalized spacial score (nSPS) is 16.8. The molecule has 8 nitrogen and oxygen atoms in total. The first-order chi connectivity index (χ1) is 23.5. The maximum atomic E-state index is 15.4. The fourth-order valence-corrected chi connectivity index (χ4v) is 5.79. The van der Waals surface area contributed by atoms with Gasteiger partial charge in [0.2, 0.25) is 0 Å². The lowest BCUT2D eigenvalue weighted by Gasteiger charge is -2.33. The van der Waals surface area contributed by atoms with Crippen LogP contribution in [0.2, 0.25) is 0 Å². The van der Waals surface area contributed by atoms with Gasteiger partial charge in [-0.2, -0.15) is 0 Å². The number of benzene rings is 3. The lowest BCUT2D eigenvalue weighted by atomic mass is 9.83. The molecule has 0 saturated carbocycles. The number of alkyl halides is 1. The third-order valence-electron chi connectivity index (χ3n) is 8.58. The summed E-state index contributed by atoms with van der Waals surface area (Å²) >= 11 is 0. The molecule has 4 aromatic rings. The Balaban J connectivity index is 1.42. The van der Waals surface area contributed by atoms with E-state index in [0.29, 0.717) is 11.4 Å². The number of carbonyl (C=O) groups excluding carboxylic acids is 1. The number of rotatable bonds is 14. The zero-order chi connectivity index (χ0) is 35.1. The molecule has 0 aliphatic carbocycles. The first kappa shape index (κ1) is 35.6. The highest BCUT2D eigenvalue weighted by Gasteiger charge is 2.39. The molecule has 49 heavy (non-hydrogen) atoms. The van der Waals surface area contributed by atoms with Gasteiger partial charge in [-0.05, 0) is 41.5 Å². The van der Waals surface area contributed by atoms with Gasteiger partial charge >= 0.3 is 6.09 Å².